The molecule has 6 rings (SSSR count). The Morgan fingerprint density at radius 1 is 0.938 bits per heavy atom. The summed E-state index contributed by atoms with van der Waals surface area (Å²) >= 11 is 0. The van der Waals surface area contributed by atoms with Crippen LogP contribution >= 0.6 is 0 Å². The van der Waals surface area contributed by atoms with Crippen molar-refractivity contribution in [3.05, 3.63) is 95.3 Å². The Balaban J connectivity index is 1.27. The van der Waals surface area contributed by atoms with Crippen molar-refractivity contribution in [2.45, 2.75) is 109 Å². The van der Waals surface area contributed by atoms with Gasteiger partial charge in [0.05, 0.1) is 30.4 Å². The van der Waals surface area contributed by atoms with Gasteiger partial charge in [0, 0.05) is 47.7 Å². The number of nitrogens with zero attached hydrogens (tertiary/aromatic N) is 2. The lowest BCUT2D eigenvalue weighted by atomic mass is 9.75. The molecule has 1 aliphatic carbocycles. The summed E-state index contributed by atoms with van der Waals surface area (Å²) in [5, 5.41) is 15.9. The van der Waals surface area contributed by atoms with E-state index in [4.69, 9.17) is 9.47 Å². The monoisotopic (exact) mass is 654 g/mol. The van der Waals surface area contributed by atoms with Crippen LogP contribution in [0.3, 0.4) is 0 Å². The molecule has 0 bridgehead atoms. The Hall–Kier alpha value is -3.63. The van der Waals surface area contributed by atoms with E-state index >= 15 is 0 Å². The summed E-state index contributed by atoms with van der Waals surface area (Å²) in [5.74, 6) is 0.464. The van der Waals surface area contributed by atoms with Crippen LogP contribution in [0.25, 0.3) is 0 Å². The third-order valence-corrected chi connectivity index (χ3v) is 10.2. The van der Waals surface area contributed by atoms with Crippen LogP contribution in [0.4, 0.5) is 5.69 Å². The number of piperidine rings is 1. The van der Waals surface area contributed by atoms with E-state index in [1.807, 2.05) is 69.3 Å². The number of hydrogen-bond donors (Lipinski definition) is 3. The molecule has 2 amide bonds. The molecular formula is C39H50N4O5. The number of rotatable bonds is 8. The molecule has 256 valence electrons. The van der Waals surface area contributed by atoms with Crippen molar-refractivity contribution in [3.8, 4) is 0 Å². The van der Waals surface area contributed by atoms with Gasteiger partial charge in [0.1, 0.15) is 0 Å². The SMILES string of the molecule is C[C@@H]1[C@H](CN2[C@@H](C(=O)NC(C)(C)C)CC[C@H]3CCCC[C@H]32)O[C@H](c2ccc(NC(=O)c3cccnc3)cc2)O[C@@H]1c1ccc(CO)cc1. The summed E-state index contributed by atoms with van der Waals surface area (Å²) in [5.41, 5.74) is 3.55. The van der Waals surface area contributed by atoms with Gasteiger partial charge in [-0.15, -0.1) is 0 Å². The highest BCUT2D eigenvalue weighted by atomic mass is 16.7. The first-order valence-corrected chi connectivity index (χ1v) is 17.5. The highest BCUT2D eigenvalue weighted by Crippen LogP contribution is 2.44. The molecule has 3 aliphatic rings. The van der Waals surface area contributed by atoms with Crippen LogP contribution in [-0.2, 0) is 20.9 Å². The summed E-state index contributed by atoms with van der Waals surface area (Å²) in [4.78, 5) is 33.0. The van der Waals surface area contributed by atoms with Crippen molar-refractivity contribution in [2.24, 2.45) is 11.8 Å². The minimum Gasteiger partial charge on any atom is -0.392 e. The van der Waals surface area contributed by atoms with Crippen molar-refractivity contribution in [3.63, 3.8) is 0 Å². The van der Waals surface area contributed by atoms with E-state index in [2.05, 4.69) is 27.4 Å². The Kier molecular flexibility index (Phi) is 10.6. The number of fused-ring (bicyclic) bond motifs is 1. The first-order valence-electron chi connectivity index (χ1n) is 17.5. The van der Waals surface area contributed by atoms with Crippen LogP contribution in [0.15, 0.2) is 73.1 Å². The quantitative estimate of drug-likeness (QED) is 0.252. The number of aliphatic hydroxyl groups is 1. The topological polar surface area (TPSA) is 113 Å². The standard InChI is InChI=1S/C39H50N4O5/c1-25-34(23-43-32-10-6-5-8-27(32)17-20-33(43)37(46)42-39(2,3)4)47-38(48-35(25)28-13-11-26(24-44)12-14-28)29-15-18-31(19-16-29)41-36(45)30-9-7-21-40-22-30/h7,9,11-16,18-19,21-22,25,27,32-35,38,44H,5-6,8,10,17,20,23-24H2,1-4H3,(H,41,45)(H,42,46)/t25-,27-,32-,33-,34+,35+,38+/m1/s1. The van der Waals surface area contributed by atoms with Gasteiger partial charge in [-0.25, -0.2) is 0 Å². The Morgan fingerprint density at radius 2 is 1.67 bits per heavy atom. The van der Waals surface area contributed by atoms with E-state index in [9.17, 15) is 14.7 Å². The number of hydrogen-bond acceptors (Lipinski definition) is 7. The second-order valence-corrected chi connectivity index (χ2v) is 14.8. The Morgan fingerprint density at radius 3 is 2.35 bits per heavy atom. The van der Waals surface area contributed by atoms with Crippen molar-refractivity contribution in [2.75, 3.05) is 11.9 Å². The van der Waals surface area contributed by atoms with Gasteiger partial charge in [0.2, 0.25) is 5.91 Å². The maximum atomic E-state index is 13.8. The molecule has 3 aromatic rings. The fraction of sp³-hybridized carbons (Fsp3) is 0.513. The normalized spacial score (nSPS) is 27.9. The van der Waals surface area contributed by atoms with Gasteiger partial charge in [0.25, 0.3) is 5.91 Å². The Bertz CT molecular complexity index is 1520. The predicted octanol–water partition coefficient (Wildman–Crippen LogP) is 6.56. The van der Waals surface area contributed by atoms with E-state index < -0.39 is 6.29 Å². The molecule has 2 aliphatic heterocycles. The number of benzene rings is 2. The highest BCUT2D eigenvalue weighted by Gasteiger charge is 2.46. The lowest BCUT2D eigenvalue weighted by Gasteiger charge is -2.51. The van der Waals surface area contributed by atoms with Gasteiger partial charge in [0.15, 0.2) is 6.29 Å². The Labute approximate surface area is 284 Å². The van der Waals surface area contributed by atoms with Crippen molar-refractivity contribution >= 4 is 17.5 Å². The second kappa shape index (κ2) is 14.9. The average Bonchev–Trinajstić information content (AvgIpc) is 3.09. The van der Waals surface area contributed by atoms with Gasteiger partial charge < -0.3 is 25.2 Å². The van der Waals surface area contributed by atoms with E-state index in [0.29, 0.717) is 29.8 Å². The molecular weight excluding hydrogens is 604 g/mol. The number of ether oxygens (including phenoxy) is 2. The van der Waals surface area contributed by atoms with Crippen molar-refractivity contribution in [1.82, 2.24) is 15.2 Å². The van der Waals surface area contributed by atoms with Gasteiger partial charge in [-0.2, -0.15) is 0 Å². The molecule has 9 nitrogen and oxygen atoms in total. The lowest BCUT2D eigenvalue weighted by molar-refractivity contribution is -0.278. The average molecular weight is 655 g/mol. The molecule has 1 aromatic heterocycles. The lowest BCUT2D eigenvalue weighted by Crippen LogP contribution is -2.61. The number of carbonyl (C=O) groups excluding carboxylic acids is 2. The molecule has 7 atom stereocenters. The van der Waals surface area contributed by atoms with Crippen LogP contribution in [0.5, 0.6) is 0 Å². The second-order valence-electron chi connectivity index (χ2n) is 14.8. The molecule has 0 unspecified atom stereocenters. The smallest absolute Gasteiger partial charge is 0.257 e. The number of pyridine rings is 1. The van der Waals surface area contributed by atoms with E-state index in [-0.39, 0.29) is 48.1 Å². The molecule has 3 heterocycles. The van der Waals surface area contributed by atoms with Gasteiger partial charge in [-0.05, 0) is 87.8 Å². The first-order chi connectivity index (χ1) is 23.1. The van der Waals surface area contributed by atoms with E-state index in [0.717, 1.165) is 36.0 Å². The van der Waals surface area contributed by atoms with Crippen LogP contribution in [0, 0.1) is 11.8 Å². The molecule has 0 radical (unpaired) electrons. The van der Waals surface area contributed by atoms with E-state index in [1.165, 1.54) is 25.5 Å². The number of amides is 2. The summed E-state index contributed by atoms with van der Waals surface area (Å²) in [6.45, 7) is 8.91. The molecule has 3 N–H and O–H groups in total. The zero-order valence-electron chi connectivity index (χ0n) is 28.6. The minimum atomic E-state index is -0.648. The molecule has 48 heavy (non-hydrogen) atoms. The summed E-state index contributed by atoms with van der Waals surface area (Å²) < 4.78 is 13.6. The van der Waals surface area contributed by atoms with Gasteiger partial charge in [-0.3, -0.25) is 19.5 Å². The van der Waals surface area contributed by atoms with Gasteiger partial charge >= 0.3 is 0 Å². The molecule has 2 saturated heterocycles. The van der Waals surface area contributed by atoms with Crippen LogP contribution in [0.1, 0.15) is 106 Å². The third kappa shape index (κ3) is 7.97. The maximum absolute atomic E-state index is 13.8. The third-order valence-electron chi connectivity index (χ3n) is 10.2. The van der Waals surface area contributed by atoms with Gasteiger partial charge in [-0.1, -0.05) is 56.2 Å². The summed E-state index contributed by atoms with van der Waals surface area (Å²) in [6.07, 6.45) is 8.74. The minimum absolute atomic E-state index is 0.00503. The zero-order chi connectivity index (χ0) is 33.8. The molecule has 9 heteroatoms. The number of nitrogens with one attached hydrogen (secondary N) is 2. The summed E-state index contributed by atoms with van der Waals surface area (Å²) in [6, 6.07) is 19.1. The van der Waals surface area contributed by atoms with Crippen molar-refractivity contribution < 1.29 is 24.2 Å². The van der Waals surface area contributed by atoms with E-state index in [1.54, 1.807) is 18.3 Å². The largest absolute Gasteiger partial charge is 0.392 e. The number of aromatic nitrogens is 1. The number of anilines is 1. The number of likely N-dealkylation sites (tertiary alicyclic amines) is 1. The van der Waals surface area contributed by atoms with Crippen LogP contribution in [-0.4, -0.2) is 57.1 Å². The van der Waals surface area contributed by atoms with Crippen LogP contribution < -0.4 is 10.6 Å². The van der Waals surface area contributed by atoms with Crippen LogP contribution in [0.2, 0.25) is 0 Å². The predicted molar refractivity (Wildman–Crippen MR) is 185 cm³/mol. The molecule has 1 saturated carbocycles. The highest BCUT2D eigenvalue weighted by molar-refractivity contribution is 6.04. The molecule has 3 fully saturated rings. The fourth-order valence-corrected chi connectivity index (χ4v) is 7.69. The number of aliphatic hydroxyl groups excluding tert-OH is 1. The fourth-order valence-electron chi connectivity index (χ4n) is 7.69. The zero-order valence-corrected chi connectivity index (χ0v) is 28.6. The maximum Gasteiger partial charge on any atom is 0.257 e. The molecule has 2 aromatic carbocycles. The number of carbonyl (C=O) groups is 2. The summed E-state index contributed by atoms with van der Waals surface area (Å²) in [7, 11) is 0. The van der Waals surface area contributed by atoms with Crippen molar-refractivity contribution in [1.29, 1.82) is 0 Å². The first kappa shape index (κ1) is 34.2. The molecule has 0 spiro atoms.